The number of aliphatic hydroxyl groups excluding tert-OH is 1. The minimum Gasteiger partial charge on any atom is -0.388 e. The standard InChI is InChI=1S/C18H30F2N2O4/c1-10(2)22-15(23)8-12-7-13-17(25-12)16(24)14(26-13)9-21-11-3-5-18(19,20)6-4-11/h10-14,16-17,21,24H,3-9H2,1-2H3,(H,22,23). The molecule has 5 atom stereocenters. The van der Waals surface area contributed by atoms with Crippen LogP contribution in [0.2, 0.25) is 0 Å². The van der Waals surface area contributed by atoms with Gasteiger partial charge in [0.1, 0.15) is 12.2 Å². The zero-order valence-electron chi connectivity index (χ0n) is 15.4. The van der Waals surface area contributed by atoms with Crippen LogP contribution in [0.25, 0.3) is 0 Å². The van der Waals surface area contributed by atoms with Crippen molar-refractivity contribution in [3.8, 4) is 0 Å². The lowest BCUT2D eigenvalue weighted by Crippen LogP contribution is -2.44. The molecule has 2 saturated heterocycles. The van der Waals surface area contributed by atoms with E-state index in [0.29, 0.717) is 25.8 Å². The number of halogens is 2. The van der Waals surface area contributed by atoms with Gasteiger partial charge in [0.05, 0.1) is 24.7 Å². The van der Waals surface area contributed by atoms with Gasteiger partial charge in [0, 0.05) is 37.9 Å². The molecule has 3 fully saturated rings. The molecule has 0 spiro atoms. The van der Waals surface area contributed by atoms with E-state index < -0.39 is 24.2 Å². The van der Waals surface area contributed by atoms with Crippen LogP contribution in [0, 0.1) is 0 Å². The summed E-state index contributed by atoms with van der Waals surface area (Å²) in [6.07, 6.45) is -0.515. The summed E-state index contributed by atoms with van der Waals surface area (Å²) in [4.78, 5) is 11.8. The van der Waals surface area contributed by atoms with Crippen LogP contribution in [0.1, 0.15) is 52.4 Å². The average Bonchev–Trinajstić information content (AvgIpc) is 3.04. The number of carbonyl (C=O) groups excluding carboxylic acids is 1. The van der Waals surface area contributed by atoms with Crippen molar-refractivity contribution in [3.05, 3.63) is 0 Å². The van der Waals surface area contributed by atoms with Gasteiger partial charge in [0.2, 0.25) is 11.8 Å². The number of ether oxygens (including phenoxy) is 2. The first kappa shape index (κ1) is 19.9. The largest absolute Gasteiger partial charge is 0.388 e. The maximum Gasteiger partial charge on any atom is 0.248 e. The first-order valence-electron chi connectivity index (χ1n) is 9.63. The van der Waals surface area contributed by atoms with E-state index in [4.69, 9.17) is 9.47 Å². The van der Waals surface area contributed by atoms with Crippen molar-refractivity contribution in [2.75, 3.05) is 6.54 Å². The zero-order valence-corrected chi connectivity index (χ0v) is 15.4. The third kappa shape index (κ3) is 4.91. The number of carbonyl (C=O) groups is 1. The molecule has 26 heavy (non-hydrogen) atoms. The molecule has 150 valence electrons. The monoisotopic (exact) mass is 376 g/mol. The summed E-state index contributed by atoms with van der Waals surface area (Å²) in [5.74, 6) is -2.60. The van der Waals surface area contributed by atoms with Gasteiger partial charge in [-0.2, -0.15) is 0 Å². The molecule has 1 aliphatic carbocycles. The normalized spacial score (nSPS) is 37.1. The van der Waals surface area contributed by atoms with E-state index in [1.165, 1.54) is 0 Å². The molecule has 6 nitrogen and oxygen atoms in total. The second kappa shape index (κ2) is 8.04. The molecular weight excluding hydrogens is 346 g/mol. The van der Waals surface area contributed by atoms with Crippen LogP contribution >= 0.6 is 0 Å². The van der Waals surface area contributed by atoms with Gasteiger partial charge >= 0.3 is 0 Å². The van der Waals surface area contributed by atoms with Crippen LogP contribution in [-0.4, -0.2) is 66.1 Å². The SMILES string of the molecule is CC(C)NC(=O)CC1CC2OC(CNC3CCC(F)(F)CC3)C(O)C2O1. The summed E-state index contributed by atoms with van der Waals surface area (Å²) in [5.41, 5.74) is 0. The van der Waals surface area contributed by atoms with E-state index in [9.17, 15) is 18.7 Å². The number of aliphatic hydroxyl groups is 1. The maximum absolute atomic E-state index is 13.2. The molecule has 3 aliphatic rings. The fraction of sp³-hybridized carbons (Fsp3) is 0.944. The Morgan fingerprint density at radius 3 is 2.58 bits per heavy atom. The number of nitrogens with one attached hydrogen (secondary N) is 2. The average molecular weight is 376 g/mol. The van der Waals surface area contributed by atoms with E-state index in [0.717, 1.165) is 0 Å². The fourth-order valence-electron chi connectivity index (χ4n) is 4.12. The summed E-state index contributed by atoms with van der Waals surface area (Å²) < 4.78 is 38.1. The second-order valence-electron chi connectivity index (χ2n) is 8.13. The molecule has 5 unspecified atom stereocenters. The van der Waals surface area contributed by atoms with Crippen LogP contribution < -0.4 is 10.6 Å². The first-order chi connectivity index (χ1) is 12.2. The molecule has 0 aromatic carbocycles. The van der Waals surface area contributed by atoms with E-state index in [-0.39, 0.29) is 49.5 Å². The minimum atomic E-state index is -2.54. The van der Waals surface area contributed by atoms with Gasteiger partial charge in [-0.3, -0.25) is 4.79 Å². The van der Waals surface area contributed by atoms with Crippen molar-refractivity contribution in [1.29, 1.82) is 0 Å². The number of rotatable bonds is 6. The molecule has 0 radical (unpaired) electrons. The van der Waals surface area contributed by atoms with Crippen LogP contribution in [0.3, 0.4) is 0 Å². The summed E-state index contributed by atoms with van der Waals surface area (Å²) in [7, 11) is 0. The molecule has 8 heteroatoms. The summed E-state index contributed by atoms with van der Waals surface area (Å²) in [6.45, 7) is 4.23. The van der Waals surface area contributed by atoms with Crippen molar-refractivity contribution in [2.24, 2.45) is 0 Å². The van der Waals surface area contributed by atoms with Crippen LogP contribution in [-0.2, 0) is 14.3 Å². The van der Waals surface area contributed by atoms with E-state index in [1.807, 2.05) is 13.8 Å². The number of alkyl halides is 2. The molecule has 2 heterocycles. The van der Waals surface area contributed by atoms with Gasteiger partial charge < -0.3 is 25.2 Å². The second-order valence-corrected chi connectivity index (χ2v) is 8.13. The summed E-state index contributed by atoms with van der Waals surface area (Å²) in [6, 6.07) is 0.125. The van der Waals surface area contributed by atoms with E-state index in [1.54, 1.807) is 0 Å². The Balaban J connectivity index is 1.40. The molecule has 0 bridgehead atoms. The maximum atomic E-state index is 13.2. The Hall–Kier alpha value is -0.830. The van der Waals surface area contributed by atoms with Crippen LogP contribution in [0.4, 0.5) is 8.78 Å². The molecular formula is C18H30F2N2O4. The van der Waals surface area contributed by atoms with Gasteiger partial charge in [-0.25, -0.2) is 8.78 Å². The highest BCUT2D eigenvalue weighted by atomic mass is 19.3. The topological polar surface area (TPSA) is 79.8 Å². The predicted octanol–water partition coefficient (Wildman–Crippen LogP) is 1.35. The lowest BCUT2D eigenvalue weighted by Gasteiger charge is -2.30. The molecule has 1 saturated carbocycles. The minimum absolute atomic E-state index is 0.0410. The van der Waals surface area contributed by atoms with Crippen molar-refractivity contribution >= 4 is 5.91 Å². The van der Waals surface area contributed by atoms with Gasteiger partial charge in [0.15, 0.2) is 0 Å². The Labute approximate surface area is 153 Å². The molecule has 3 rings (SSSR count). The molecule has 0 aromatic heterocycles. The molecule has 0 aromatic rings. The highest BCUT2D eigenvalue weighted by molar-refractivity contribution is 5.76. The summed E-state index contributed by atoms with van der Waals surface area (Å²) >= 11 is 0. The fourth-order valence-corrected chi connectivity index (χ4v) is 4.12. The predicted molar refractivity (Wildman–Crippen MR) is 91.0 cm³/mol. The molecule has 1 amide bonds. The van der Waals surface area contributed by atoms with Crippen molar-refractivity contribution in [2.45, 2.75) is 101 Å². The molecule has 2 aliphatic heterocycles. The lowest BCUT2D eigenvalue weighted by atomic mass is 9.92. The smallest absolute Gasteiger partial charge is 0.248 e. The Morgan fingerprint density at radius 2 is 1.96 bits per heavy atom. The third-order valence-electron chi connectivity index (χ3n) is 5.47. The summed E-state index contributed by atoms with van der Waals surface area (Å²) in [5, 5.41) is 16.5. The van der Waals surface area contributed by atoms with Gasteiger partial charge in [-0.1, -0.05) is 0 Å². The quantitative estimate of drug-likeness (QED) is 0.652. The molecule has 3 N–H and O–H groups in total. The van der Waals surface area contributed by atoms with Crippen molar-refractivity contribution in [3.63, 3.8) is 0 Å². The highest BCUT2D eigenvalue weighted by Crippen LogP contribution is 2.36. The highest BCUT2D eigenvalue weighted by Gasteiger charge is 2.50. The van der Waals surface area contributed by atoms with E-state index >= 15 is 0 Å². The number of hydrogen-bond acceptors (Lipinski definition) is 5. The zero-order chi connectivity index (χ0) is 18.9. The van der Waals surface area contributed by atoms with Gasteiger partial charge in [0.25, 0.3) is 0 Å². The van der Waals surface area contributed by atoms with Crippen molar-refractivity contribution < 1.29 is 28.2 Å². The third-order valence-corrected chi connectivity index (χ3v) is 5.47. The lowest BCUT2D eigenvalue weighted by molar-refractivity contribution is -0.125. The van der Waals surface area contributed by atoms with Crippen LogP contribution in [0.15, 0.2) is 0 Å². The van der Waals surface area contributed by atoms with Gasteiger partial charge in [-0.05, 0) is 26.7 Å². The Kier molecular flexibility index (Phi) is 6.16. The Bertz CT molecular complexity index is 496. The van der Waals surface area contributed by atoms with Crippen LogP contribution in [0.5, 0.6) is 0 Å². The number of hydrogen-bond donors (Lipinski definition) is 3. The first-order valence-corrected chi connectivity index (χ1v) is 9.63. The number of amides is 1. The number of fused-ring (bicyclic) bond motifs is 1. The van der Waals surface area contributed by atoms with Gasteiger partial charge in [-0.15, -0.1) is 0 Å². The van der Waals surface area contributed by atoms with Crippen molar-refractivity contribution in [1.82, 2.24) is 10.6 Å². The Morgan fingerprint density at radius 1 is 1.27 bits per heavy atom. The van der Waals surface area contributed by atoms with E-state index in [2.05, 4.69) is 10.6 Å².